The van der Waals surface area contributed by atoms with Gasteiger partial charge in [-0.3, -0.25) is 4.79 Å². The molecule has 2 rings (SSSR count). The third-order valence-electron chi connectivity index (χ3n) is 4.81. The van der Waals surface area contributed by atoms with E-state index < -0.39 is 5.41 Å². The molecule has 1 aliphatic rings. The van der Waals surface area contributed by atoms with Crippen LogP contribution in [0.3, 0.4) is 0 Å². The van der Waals surface area contributed by atoms with Crippen molar-refractivity contribution in [1.82, 2.24) is 10.6 Å². The summed E-state index contributed by atoms with van der Waals surface area (Å²) in [5, 5.41) is 6.66. The van der Waals surface area contributed by atoms with Gasteiger partial charge in [0.05, 0.1) is 12.0 Å². The Hall–Kier alpha value is -1.26. The second-order valence-corrected chi connectivity index (χ2v) is 7.82. The highest BCUT2D eigenvalue weighted by Crippen LogP contribution is 2.26. The molecule has 0 aliphatic carbocycles. The second-order valence-electron chi connectivity index (χ2n) is 7.82. The van der Waals surface area contributed by atoms with Crippen molar-refractivity contribution in [2.24, 2.45) is 5.92 Å². The zero-order valence-corrected chi connectivity index (χ0v) is 16.9. The Morgan fingerprint density at radius 1 is 1.32 bits per heavy atom. The average Bonchev–Trinajstić information content (AvgIpc) is 2.55. The first-order valence-corrected chi connectivity index (χ1v) is 9.08. The minimum Gasteiger partial charge on any atom is -0.493 e. The number of halogens is 1. The normalized spacial score (nSPS) is 20.7. The molecule has 0 bridgehead atoms. The van der Waals surface area contributed by atoms with Crippen LogP contribution in [0.4, 0.5) is 0 Å². The lowest BCUT2D eigenvalue weighted by molar-refractivity contribution is -0.126. The van der Waals surface area contributed by atoms with Crippen LogP contribution in [-0.2, 0) is 10.2 Å². The van der Waals surface area contributed by atoms with Gasteiger partial charge in [0, 0.05) is 12.1 Å². The number of nitrogens with one attached hydrogen (secondary N) is 2. The Morgan fingerprint density at radius 2 is 1.96 bits per heavy atom. The van der Waals surface area contributed by atoms with Crippen molar-refractivity contribution in [1.29, 1.82) is 0 Å². The third-order valence-corrected chi connectivity index (χ3v) is 4.81. The van der Waals surface area contributed by atoms with Crippen molar-refractivity contribution >= 4 is 18.3 Å². The van der Waals surface area contributed by atoms with E-state index in [0.29, 0.717) is 18.6 Å². The van der Waals surface area contributed by atoms with Gasteiger partial charge in [-0.2, -0.15) is 0 Å². The number of carbonyl (C=O) groups excluding carboxylic acids is 1. The van der Waals surface area contributed by atoms with Crippen LogP contribution < -0.4 is 15.4 Å². The van der Waals surface area contributed by atoms with E-state index in [-0.39, 0.29) is 24.4 Å². The zero-order chi connectivity index (χ0) is 17.7. The fourth-order valence-corrected chi connectivity index (χ4v) is 2.95. The topological polar surface area (TPSA) is 50.4 Å². The Morgan fingerprint density at radius 3 is 2.52 bits per heavy atom. The van der Waals surface area contributed by atoms with Crippen LogP contribution in [0.5, 0.6) is 5.75 Å². The van der Waals surface area contributed by atoms with Crippen LogP contribution >= 0.6 is 12.4 Å². The molecule has 0 saturated carbocycles. The van der Waals surface area contributed by atoms with Gasteiger partial charge in [-0.05, 0) is 63.8 Å². The SMILES string of the molecule is CC(C)COc1ccc(C(C)(C)C(=O)NC2CCCNC2C)cc1.Cl. The summed E-state index contributed by atoms with van der Waals surface area (Å²) in [5.41, 5.74) is 0.446. The predicted molar refractivity (Wildman–Crippen MR) is 106 cm³/mol. The van der Waals surface area contributed by atoms with E-state index in [2.05, 4.69) is 31.4 Å². The first-order chi connectivity index (χ1) is 11.3. The van der Waals surface area contributed by atoms with Gasteiger partial charge in [-0.15, -0.1) is 12.4 Å². The molecule has 0 radical (unpaired) electrons. The molecule has 1 amide bonds. The van der Waals surface area contributed by atoms with E-state index in [0.717, 1.165) is 30.7 Å². The lowest BCUT2D eigenvalue weighted by atomic mass is 9.83. The summed E-state index contributed by atoms with van der Waals surface area (Å²) in [4.78, 5) is 12.8. The molecule has 1 fully saturated rings. The van der Waals surface area contributed by atoms with Gasteiger partial charge in [0.1, 0.15) is 5.75 Å². The Kier molecular flexibility index (Phi) is 8.23. The summed E-state index contributed by atoms with van der Waals surface area (Å²) < 4.78 is 5.72. The molecule has 2 unspecified atom stereocenters. The van der Waals surface area contributed by atoms with Crippen molar-refractivity contribution in [2.45, 2.75) is 65.0 Å². The van der Waals surface area contributed by atoms with Gasteiger partial charge in [0.15, 0.2) is 0 Å². The molecular weight excluding hydrogens is 336 g/mol. The lowest BCUT2D eigenvalue weighted by Crippen LogP contribution is -2.55. The largest absolute Gasteiger partial charge is 0.493 e. The van der Waals surface area contributed by atoms with E-state index in [9.17, 15) is 4.79 Å². The number of piperidine rings is 1. The summed E-state index contributed by atoms with van der Waals surface area (Å²) in [6, 6.07) is 8.44. The Balaban J connectivity index is 0.00000312. The highest BCUT2D eigenvalue weighted by atomic mass is 35.5. The van der Waals surface area contributed by atoms with Crippen LogP contribution in [0, 0.1) is 5.92 Å². The molecule has 1 aliphatic heterocycles. The van der Waals surface area contributed by atoms with E-state index in [1.54, 1.807) is 0 Å². The maximum absolute atomic E-state index is 12.8. The van der Waals surface area contributed by atoms with Crippen molar-refractivity contribution in [3.8, 4) is 5.75 Å². The number of hydrogen-bond acceptors (Lipinski definition) is 3. The summed E-state index contributed by atoms with van der Waals surface area (Å²) in [6.07, 6.45) is 2.15. The smallest absolute Gasteiger partial charge is 0.230 e. The van der Waals surface area contributed by atoms with Gasteiger partial charge in [-0.25, -0.2) is 0 Å². The van der Waals surface area contributed by atoms with E-state index >= 15 is 0 Å². The van der Waals surface area contributed by atoms with Crippen LogP contribution in [-0.4, -0.2) is 31.1 Å². The van der Waals surface area contributed by atoms with Crippen molar-refractivity contribution in [3.63, 3.8) is 0 Å². The molecule has 1 heterocycles. The van der Waals surface area contributed by atoms with Crippen LogP contribution in [0.2, 0.25) is 0 Å². The highest BCUT2D eigenvalue weighted by molar-refractivity contribution is 5.87. The molecule has 5 heteroatoms. The monoisotopic (exact) mass is 368 g/mol. The van der Waals surface area contributed by atoms with E-state index in [1.165, 1.54) is 0 Å². The summed E-state index contributed by atoms with van der Waals surface area (Å²) >= 11 is 0. The van der Waals surface area contributed by atoms with Crippen LogP contribution in [0.1, 0.15) is 53.0 Å². The first-order valence-electron chi connectivity index (χ1n) is 9.08. The molecule has 2 atom stereocenters. The minimum absolute atomic E-state index is 0. The van der Waals surface area contributed by atoms with Gasteiger partial charge in [0.2, 0.25) is 5.91 Å². The average molecular weight is 369 g/mol. The second kappa shape index (κ2) is 9.44. The lowest BCUT2D eigenvalue weighted by Gasteiger charge is -2.34. The maximum Gasteiger partial charge on any atom is 0.230 e. The Bertz CT molecular complexity index is 543. The number of amides is 1. The molecule has 2 N–H and O–H groups in total. The molecule has 0 spiro atoms. The summed E-state index contributed by atoms with van der Waals surface area (Å²) in [7, 11) is 0. The molecule has 0 aromatic heterocycles. The molecule has 1 aromatic rings. The molecule has 4 nitrogen and oxygen atoms in total. The number of carbonyl (C=O) groups is 1. The summed E-state index contributed by atoms with van der Waals surface area (Å²) in [6.45, 7) is 12.1. The highest BCUT2D eigenvalue weighted by Gasteiger charge is 2.33. The van der Waals surface area contributed by atoms with Crippen LogP contribution in [0.25, 0.3) is 0 Å². The van der Waals surface area contributed by atoms with Crippen molar-refractivity contribution in [3.05, 3.63) is 29.8 Å². The van der Waals surface area contributed by atoms with Gasteiger partial charge in [-0.1, -0.05) is 26.0 Å². The minimum atomic E-state index is -0.562. The van der Waals surface area contributed by atoms with E-state index in [4.69, 9.17) is 4.74 Å². The van der Waals surface area contributed by atoms with Crippen LogP contribution in [0.15, 0.2) is 24.3 Å². The van der Waals surface area contributed by atoms with Gasteiger partial charge in [0.25, 0.3) is 0 Å². The third kappa shape index (κ3) is 5.89. The number of ether oxygens (including phenoxy) is 1. The zero-order valence-electron chi connectivity index (χ0n) is 16.1. The molecule has 1 aromatic carbocycles. The molecule has 142 valence electrons. The fraction of sp³-hybridized carbons (Fsp3) is 0.650. The number of rotatable bonds is 6. The van der Waals surface area contributed by atoms with Gasteiger partial charge < -0.3 is 15.4 Å². The van der Waals surface area contributed by atoms with Gasteiger partial charge >= 0.3 is 0 Å². The summed E-state index contributed by atoms with van der Waals surface area (Å²) in [5.74, 6) is 1.44. The molecule has 25 heavy (non-hydrogen) atoms. The number of hydrogen-bond donors (Lipinski definition) is 2. The maximum atomic E-state index is 12.8. The van der Waals surface area contributed by atoms with Crippen molar-refractivity contribution in [2.75, 3.05) is 13.2 Å². The number of benzene rings is 1. The van der Waals surface area contributed by atoms with E-state index in [1.807, 2.05) is 38.1 Å². The quantitative estimate of drug-likeness (QED) is 0.805. The molecule has 1 saturated heterocycles. The first kappa shape index (κ1) is 21.8. The molecular formula is C20H33ClN2O2. The predicted octanol–water partition coefficient (Wildman–Crippen LogP) is 3.68. The fourth-order valence-electron chi connectivity index (χ4n) is 2.95. The standard InChI is InChI=1S/C20H32N2O2.ClH/c1-14(2)13-24-17-10-8-16(9-11-17)20(4,5)19(23)22-18-7-6-12-21-15(18)3;/h8-11,14-15,18,21H,6-7,12-13H2,1-5H3,(H,22,23);1H. The van der Waals surface area contributed by atoms with Crippen molar-refractivity contribution < 1.29 is 9.53 Å². The Labute approximate surface area is 158 Å².